The summed E-state index contributed by atoms with van der Waals surface area (Å²) in [6.07, 6.45) is 7.43. The zero-order chi connectivity index (χ0) is 21.0. The average Bonchev–Trinajstić information content (AvgIpc) is 3.25. The first kappa shape index (κ1) is 19.0. The van der Waals surface area contributed by atoms with E-state index in [0.717, 1.165) is 46.1 Å². The lowest BCUT2D eigenvalue weighted by molar-refractivity contribution is 0.306. The van der Waals surface area contributed by atoms with Gasteiger partial charge in [0, 0.05) is 30.9 Å². The van der Waals surface area contributed by atoms with Gasteiger partial charge in [0.05, 0.1) is 11.7 Å². The molecular weight excluding hydrogens is 388 g/mol. The van der Waals surface area contributed by atoms with Crippen LogP contribution >= 0.6 is 0 Å². The minimum atomic E-state index is 0.541. The molecule has 0 radical (unpaired) electrons. The normalized spacial score (nSPS) is 13.6. The van der Waals surface area contributed by atoms with Gasteiger partial charge in [-0.25, -0.2) is 20.0 Å². The molecule has 1 N–H and O–H groups in total. The van der Waals surface area contributed by atoms with Crippen LogP contribution in [0.25, 0.3) is 10.9 Å². The van der Waals surface area contributed by atoms with Crippen LogP contribution in [0.4, 0.5) is 17.3 Å². The van der Waals surface area contributed by atoms with Crippen molar-refractivity contribution in [1.82, 2.24) is 20.0 Å². The molecule has 2 aromatic carbocycles. The molecule has 0 spiro atoms. The molecule has 0 amide bonds. The molecule has 5 rings (SSSR count). The van der Waals surface area contributed by atoms with E-state index in [4.69, 9.17) is 4.74 Å². The van der Waals surface area contributed by atoms with Crippen LogP contribution in [0.15, 0.2) is 85.5 Å². The summed E-state index contributed by atoms with van der Waals surface area (Å²) < 4.78 is 5.87. The summed E-state index contributed by atoms with van der Waals surface area (Å²) in [6, 6.07) is 20.0. The first-order chi connectivity index (χ1) is 15.3. The lowest BCUT2D eigenvalue weighted by Crippen LogP contribution is -2.31. The van der Waals surface area contributed by atoms with Crippen LogP contribution in [0.1, 0.15) is 5.56 Å². The summed E-state index contributed by atoms with van der Waals surface area (Å²) in [5.41, 5.74) is 2.85. The topological polar surface area (TPSA) is 66.4 Å². The van der Waals surface area contributed by atoms with E-state index in [1.165, 1.54) is 0 Å². The molecule has 4 aromatic rings. The predicted octanol–water partition coefficient (Wildman–Crippen LogP) is 4.53. The Morgan fingerprint density at radius 3 is 2.61 bits per heavy atom. The molecule has 0 fully saturated rings. The van der Waals surface area contributed by atoms with Crippen molar-refractivity contribution in [2.24, 2.45) is 0 Å². The highest BCUT2D eigenvalue weighted by Gasteiger charge is 2.16. The number of rotatable bonds is 6. The molecule has 0 bridgehead atoms. The monoisotopic (exact) mass is 410 g/mol. The van der Waals surface area contributed by atoms with Crippen molar-refractivity contribution < 1.29 is 4.74 Å². The molecule has 7 heteroatoms. The molecule has 0 aliphatic carbocycles. The fourth-order valence-electron chi connectivity index (χ4n) is 3.44. The minimum absolute atomic E-state index is 0.541. The molecule has 0 atom stereocenters. The molecule has 154 valence electrons. The van der Waals surface area contributed by atoms with E-state index < -0.39 is 0 Å². The van der Waals surface area contributed by atoms with Gasteiger partial charge in [-0.05, 0) is 35.9 Å². The standard InChI is InChI=1S/C24H22N6O/c1-29-12-5-13-30(29)23-14-21-22(15-25-23)26-17-27-24(21)28-19-8-10-20(11-9-19)31-16-18-6-3-2-4-7-18/h2-11,13-15,17H,12,16H2,1H3,(H,26,27,28). The van der Waals surface area contributed by atoms with E-state index >= 15 is 0 Å². The summed E-state index contributed by atoms with van der Waals surface area (Å²) in [4.78, 5) is 13.4. The van der Waals surface area contributed by atoms with Crippen LogP contribution in [0.3, 0.4) is 0 Å². The summed E-state index contributed by atoms with van der Waals surface area (Å²) >= 11 is 0. The smallest absolute Gasteiger partial charge is 0.147 e. The van der Waals surface area contributed by atoms with Gasteiger partial charge in [0.15, 0.2) is 0 Å². The van der Waals surface area contributed by atoms with Gasteiger partial charge in [-0.1, -0.05) is 36.4 Å². The molecule has 7 nitrogen and oxygen atoms in total. The Hall–Kier alpha value is -3.97. The lowest BCUT2D eigenvalue weighted by atomic mass is 10.2. The second kappa shape index (κ2) is 8.41. The Balaban J connectivity index is 1.34. The van der Waals surface area contributed by atoms with E-state index in [-0.39, 0.29) is 0 Å². The van der Waals surface area contributed by atoms with E-state index in [2.05, 4.69) is 43.5 Å². The summed E-state index contributed by atoms with van der Waals surface area (Å²) in [6.45, 7) is 1.40. The van der Waals surface area contributed by atoms with Gasteiger partial charge >= 0.3 is 0 Å². The molecule has 3 heterocycles. The second-order valence-electron chi connectivity index (χ2n) is 7.28. The molecule has 1 aliphatic heterocycles. The maximum atomic E-state index is 5.87. The van der Waals surface area contributed by atoms with Crippen molar-refractivity contribution in [2.45, 2.75) is 6.61 Å². The number of hydrazine groups is 1. The number of benzene rings is 2. The van der Waals surface area contributed by atoms with Gasteiger partial charge in [0.25, 0.3) is 0 Å². The molecular formula is C24H22N6O. The quantitative estimate of drug-likeness (QED) is 0.501. The van der Waals surface area contributed by atoms with E-state index in [1.807, 2.05) is 66.8 Å². The van der Waals surface area contributed by atoms with Crippen LogP contribution in [0, 0.1) is 0 Å². The number of likely N-dealkylation sites (N-methyl/N-ethyl adjacent to an activating group) is 1. The van der Waals surface area contributed by atoms with Crippen molar-refractivity contribution in [3.8, 4) is 5.75 Å². The van der Waals surface area contributed by atoms with E-state index in [1.54, 1.807) is 12.5 Å². The number of hydrogen-bond acceptors (Lipinski definition) is 7. The van der Waals surface area contributed by atoms with Gasteiger partial charge in [0.1, 0.15) is 30.3 Å². The number of anilines is 3. The van der Waals surface area contributed by atoms with Gasteiger partial charge in [-0.3, -0.25) is 5.01 Å². The van der Waals surface area contributed by atoms with Crippen molar-refractivity contribution in [3.05, 3.63) is 91.0 Å². The Morgan fingerprint density at radius 2 is 1.84 bits per heavy atom. The highest BCUT2D eigenvalue weighted by molar-refractivity contribution is 5.91. The SMILES string of the molecule is CN1CC=CN1c1cc2c(Nc3ccc(OCc4ccccc4)cc3)ncnc2cn1. The number of fused-ring (bicyclic) bond motifs is 1. The molecule has 31 heavy (non-hydrogen) atoms. The number of ether oxygens (including phenoxy) is 1. The largest absolute Gasteiger partial charge is 0.489 e. The average molecular weight is 410 g/mol. The first-order valence-electron chi connectivity index (χ1n) is 10.1. The number of aromatic nitrogens is 3. The third-order valence-corrected chi connectivity index (χ3v) is 5.09. The Morgan fingerprint density at radius 1 is 1.00 bits per heavy atom. The fraction of sp³-hybridized carbons (Fsp3) is 0.125. The lowest BCUT2D eigenvalue weighted by Gasteiger charge is -2.24. The van der Waals surface area contributed by atoms with Gasteiger partial charge in [0.2, 0.25) is 0 Å². The third kappa shape index (κ3) is 4.17. The summed E-state index contributed by atoms with van der Waals surface area (Å²) in [5, 5.41) is 8.39. The molecule has 2 aromatic heterocycles. The molecule has 0 saturated carbocycles. The molecule has 1 aliphatic rings. The minimum Gasteiger partial charge on any atom is -0.489 e. The number of hydrogen-bond donors (Lipinski definition) is 1. The highest BCUT2D eigenvalue weighted by Crippen LogP contribution is 2.28. The zero-order valence-electron chi connectivity index (χ0n) is 17.1. The Labute approximate surface area is 180 Å². The van der Waals surface area contributed by atoms with E-state index in [0.29, 0.717) is 6.61 Å². The first-order valence-corrected chi connectivity index (χ1v) is 10.1. The van der Waals surface area contributed by atoms with Crippen LogP contribution < -0.4 is 15.1 Å². The van der Waals surface area contributed by atoms with Crippen LogP contribution in [-0.2, 0) is 6.61 Å². The Bertz CT molecular complexity index is 1210. The number of nitrogens with zero attached hydrogens (tertiary/aromatic N) is 5. The van der Waals surface area contributed by atoms with Crippen LogP contribution in [0.2, 0.25) is 0 Å². The van der Waals surface area contributed by atoms with Crippen molar-refractivity contribution in [2.75, 3.05) is 23.9 Å². The molecule has 0 saturated heterocycles. The summed E-state index contributed by atoms with van der Waals surface area (Å²) in [5.74, 6) is 2.38. The van der Waals surface area contributed by atoms with Gasteiger partial charge in [-0.15, -0.1) is 0 Å². The fourth-order valence-corrected chi connectivity index (χ4v) is 3.44. The molecule has 0 unspecified atom stereocenters. The predicted molar refractivity (Wildman–Crippen MR) is 122 cm³/mol. The maximum absolute atomic E-state index is 5.87. The Kier molecular flexibility index (Phi) is 5.16. The van der Waals surface area contributed by atoms with E-state index in [9.17, 15) is 0 Å². The van der Waals surface area contributed by atoms with Gasteiger partial charge < -0.3 is 10.1 Å². The van der Waals surface area contributed by atoms with Crippen LogP contribution in [-0.4, -0.2) is 33.6 Å². The maximum Gasteiger partial charge on any atom is 0.147 e. The van der Waals surface area contributed by atoms with Crippen molar-refractivity contribution in [3.63, 3.8) is 0 Å². The second-order valence-corrected chi connectivity index (χ2v) is 7.28. The third-order valence-electron chi connectivity index (χ3n) is 5.09. The summed E-state index contributed by atoms with van der Waals surface area (Å²) in [7, 11) is 2.02. The number of nitrogens with one attached hydrogen (secondary N) is 1. The van der Waals surface area contributed by atoms with Crippen molar-refractivity contribution in [1.29, 1.82) is 0 Å². The zero-order valence-corrected chi connectivity index (χ0v) is 17.1. The van der Waals surface area contributed by atoms with Gasteiger partial charge in [-0.2, -0.15) is 0 Å². The number of pyridine rings is 1. The highest BCUT2D eigenvalue weighted by atomic mass is 16.5. The van der Waals surface area contributed by atoms with Crippen LogP contribution in [0.5, 0.6) is 5.75 Å². The van der Waals surface area contributed by atoms with Crippen molar-refractivity contribution >= 4 is 28.2 Å².